The van der Waals surface area contributed by atoms with Gasteiger partial charge in [-0.15, -0.1) is 0 Å². The Balaban J connectivity index is 2.25. The highest BCUT2D eigenvalue weighted by atomic mass is 32.2. The number of alkyl halides is 3. The number of rotatable bonds is 2. The van der Waals surface area contributed by atoms with Crippen LogP contribution in [0.1, 0.15) is 11.1 Å². The number of aromatic nitrogens is 1. The molecule has 0 aliphatic heterocycles. The third-order valence-corrected chi connectivity index (χ3v) is 3.44. The molecule has 3 nitrogen and oxygen atoms in total. The van der Waals surface area contributed by atoms with Gasteiger partial charge in [0.25, 0.3) is 0 Å². The summed E-state index contributed by atoms with van der Waals surface area (Å²) in [5.74, 6) is 0. The van der Waals surface area contributed by atoms with E-state index in [2.05, 4.69) is 4.98 Å². The number of nitriles is 1. The van der Waals surface area contributed by atoms with Crippen LogP contribution in [-0.4, -0.2) is 4.98 Å². The molecule has 7 heteroatoms. The Labute approximate surface area is 117 Å². The molecule has 0 radical (unpaired) electrons. The first-order valence-corrected chi connectivity index (χ1v) is 6.22. The molecule has 0 atom stereocenters. The van der Waals surface area contributed by atoms with Crippen LogP contribution in [0.4, 0.5) is 18.9 Å². The van der Waals surface area contributed by atoms with E-state index >= 15 is 0 Å². The van der Waals surface area contributed by atoms with Gasteiger partial charge in [0.15, 0.2) is 0 Å². The number of benzene rings is 1. The number of pyridine rings is 1. The van der Waals surface area contributed by atoms with Crippen LogP contribution in [0.25, 0.3) is 0 Å². The van der Waals surface area contributed by atoms with Gasteiger partial charge < -0.3 is 5.73 Å². The first kappa shape index (κ1) is 14.2. The molecular weight excluding hydrogens is 287 g/mol. The minimum absolute atomic E-state index is 0.375. The normalized spacial score (nSPS) is 11.1. The van der Waals surface area contributed by atoms with E-state index < -0.39 is 11.7 Å². The average Bonchev–Trinajstić information content (AvgIpc) is 2.41. The van der Waals surface area contributed by atoms with E-state index in [0.717, 1.165) is 24.0 Å². The van der Waals surface area contributed by atoms with Crippen LogP contribution >= 0.6 is 11.8 Å². The fourth-order valence-electron chi connectivity index (χ4n) is 1.41. The van der Waals surface area contributed by atoms with E-state index in [-0.39, 0.29) is 0 Å². The molecule has 1 heterocycles. The number of anilines is 1. The van der Waals surface area contributed by atoms with Crippen LogP contribution in [0.2, 0.25) is 0 Å². The van der Waals surface area contributed by atoms with Crippen LogP contribution in [0, 0.1) is 11.3 Å². The van der Waals surface area contributed by atoms with Crippen LogP contribution < -0.4 is 5.73 Å². The molecule has 0 aliphatic carbocycles. The van der Waals surface area contributed by atoms with E-state index in [1.165, 1.54) is 6.07 Å². The molecule has 0 bridgehead atoms. The van der Waals surface area contributed by atoms with Gasteiger partial charge in [0.05, 0.1) is 17.2 Å². The third-order valence-electron chi connectivity index (χ3n) is 2.42. The van der Waals surface area contributed by atoms with Crippen molar-refractivity contribution in [1.29, 1.82) is 5.26 Å². The zero-order chi connectivity index (χ0) is 14.8. The summed E-state index contributed by atoms with van der Waals surface area (Å²) in [6.07, 6.45) is -3.64. The summed E-state index contributed by atoms with van der Waals surface area (Å²) in [6.45, 7) is 0. The molecule has 102 valence electrons. The molecule has 0 spiro atoms. The van der Waals surface area contributed by atoms with Gasteiger partial charge in [-0.25, -0.2) is 4.98 Å². The van der Waals surface area contributed by atoms with Crippen molar-refractivity contribution in [2.45, 2.75) is 16.1 Å². The monoisotopic (exact) mass is 295 g/mol. The van der Waals surface area contributed by atoms with Crippen molar-refractivity contribution in [1.82, 2.24) is 4.98 Å². The molecule has 0 unspecified atom stereocenters. The van der Waals surface area contributed by atoms with E-state index in [1.807, 2.05) is 6.07 Å². The Morgan fingerprint density at radius 1 is 1.20 bits per heavy atom. The van der Waals surface area contributed by atoms with Crippen molar-refractivity contribution in [3.05, 3.63) is 47.7 Å². The van der Waals surface area contributed by atoms with Crippen molar-refractivity contribution >= 4 is 17.4 Å². The van der Waals surface area contributed by atoms with Crippen molar-refractivity contribution in [2.75, 3.05) is 5.73 Å². The summed E-state index contributed by atoms with van der Waals surface area (Å²) in [7, 11) is 0. The lowest BCUT2D eigenvalue weighted by atomic mass is 10.2. The first-order valence-electron chi connectivity index (χ1n) is 5.41. The van der Waals surface area contributed by atoms with E-state index in [0.29, 0.717) is 21.2 Å². The van der Waals surface area contributed by atoms with Crippen LogP contribution in [-0.2, 0) is 6.18 Å². The molecule has 1 aromatic carbocycles. The van der Waals surface area contributed by atoms with Gasteiger partial charge in [-0.1, -0.05) is 11.8 Å². The fraction of sp³-hybridized carbons (Fsp3) is 0.0769. The summed E-state index contributed by atoms with van der Waals surface area (Å²) in [6, 6.07) is 8.91. The SMILES string of the molecule is N#Cc1ccc(N)c(Sc2ccc(C(F)(F)F)cn2)c1. The number of nitrogens with zero attached hydrogens (tertiary/aromatic N) is 2. The Morgan fingerprint density at radius 2 is 1.95 bits per heavy atom. The lowest BCUT2D eigenvalue weighted by molar-refractivity contribution is -0.137. The Bertz CT molecular complexity index is 660. The topological polar surface area (TPSA) is 62.7 Å². The second-order valence-electron chi connectivity index (χ2n) is 3.85. The molecule has 2 rings (SSSR count). The number of halogens is 3. The van der Waals surface area contributed by atoms with Crippen molar-refractivity contribution in [3.63, 3.8) is 0 Å². The maximum absolute atomic E-state index is 12.4. The minimum atomic E-state index is -4.41. The molecule has 0 fully saturated rings. The summed E-state index contributed by atoms with van der Waals surface area (Å²) in [5.41, 5.74) is 5.81. The molecule has 1 aromatic heterocycles. The van der Waals surface area contributed by atoms with E-state index in [1.54, 1.807) is 18.2 Å². The van der Waals surface area contributed by atoms with Crippen LogP contribution in [0.3, 0.4) is 0 Å². The second-order valence-corrected chi connectivity index (χ2v) is 4.91. The number of nitrogen functional groups attached to an aromatic ring is 1. The predicted octanol–water partition coefficient (Wildman–Crippen LogP) is 3.71. The van der Waals surface area contributed by atoms with Crippen LogP contribution in [0.5, 0.6) is 0 Å². The van der Waals surface area contributed by atoms with Gasteiger partial charge in [-0.3, -0.25) is 0 Å². The minimum Gasteiger partial charge on any atom is -0.398 e. The zero-order valence-corrected chi connectivity index (χ0v) is 10.8. The smallest absolute Gasteiger partial charge is 0.398 e. The van der Waals surface area contributed by atoms with Gasteiger partial charge in [0.2, 0.25) is 0 Å². The fourth-order valence-corrected chi connectivity index (χ4v) is 2.25. The Hall–Kier alpha value is -2.20. The predicted molar refractivity (Wildman–Crippen MR) is 68.9 cm³/mol. The number of hydrogen-bond acceptors (Lipinski definition) is 4. The highest BCUT2D eigenvalue weighted by Crippen LogP contribution is 2.33. The Morgan fingerprint density at radius 3 is 2.50 bits per heavy atom. The summed E-state index contributed by atoms with van der Waals surface area (Å²) >= 11 is 1.11. The molecule has 0 amide bonds. The maximum atomic E-state index is 12.4. The van der Waals surface area contributed by atoms with Gasteiger partial charge in [-0.2, -0.15) is 18.4 Å². The molecule has 0 saturated heterocycles. The largest absolute Gasteiger partial charge is 0.417 e. The second kappa shape index (κ2) is 5.43. The van der Waals surface area contributed by atoms with Crippen molar-refractivity contribution < 1.29 is 13.2 Å². The standard InChI is InChI=1S/C13H8F3N3S/c14-13(15,16)9-2-4-12(19-7-9)20-11-5-8(6-17)1-3-10(11)18/h1-5,7H,18H2. The number of hydrogen-bond donors (Lipinski definition) is 1. The molecule has 20 heavy (non-hydrogen) atoms. The van der Waals surface area contributed by atoms with E-state index in [4.69, 9.17) is 11.0 Å². The van der Waals surface area contributed by atoms with Gasteiger partial charge in [-0.05, 0) is 30.3 Å². The molecule has 2 aromatic rings. The quantitative estimate of drug-likeness (QED) is 0.858. The lowest BCUT2D eigenvalue weighted by Crippen LogP contribution is -2.05. The third kappa shape index (κ3) is 3.22. The van der Waals surface area contributed by atoms with Crippen molar-refractivity contribution in [3.8, 4) is 6.07 Å². The first-order chi connectivity index (χ1) is 9.40. The molecule has 2 N–H and O–H groups in total. The average molecular weight is 295 g/mol. The van der Waals surface area contributed by atoms with E-state index in [9.17, 15) is 13.2 Å². The number of nitrogens with two attached hydrogens (primary N) is 1. The van der Waals surface area contributed by atoms with Crippen molar-refractivity contribution in [2.24, 2.45) is 0 Å². The van der Waals surface area contributed by atoms with Gasteiger partial charge in [0, 0.05) is 16.8 Å². The highest BCUT2D eigenvalue weighted by molar-refractivity contribution is 7.99. The summed E-state index contributed by atoms with van der Waals surface area (Å²) in [5, 5.41) is 9.18. The lowest BCUT2D eigenvalue weighted by Gasteiger charge is -2.08. The van der Waals surface area contributed by atoms with Gasteiger partial charge >= 0.3 is 6.18 Å². The highest BCUT2D eigenvalue weighted by Gasteiger charge is 2.30. The molecular formula is C13H8F3N3S. The summed E-state index contributed by atoms with van der Waals surface area (Å²) < 4.78 is 37.2. The summed E-state index contributed by atoms with van der Waals surface area (Å²) in [4.78, 5) is 4.32. The Kier molecular flexibility index (Phi) is 3.86. The zero-order valence-electron chi connectivity index (χ0n) is 9.98. The molecule has 0 aliphatic rings. The van der Waals surface area contributed by atoms with Gasteiger partial charge in [0.1, 0.15) is 5.03 Å². The maximum Gasteiger partial charge on any atom is 0.417 e. The molecule has 0 saturated carbocycles. The van der Waals surface area contributed by atoms with Crippen LogP contribution in [0.15, 0.2) is 46.5 Å².